The molecule has 0 heterocycles. The smallest absolute Gasteiger partial charge is 0.337 e. The molecule has 54 valence electrons. The number of carbonyl (C=O) groups excluding carboxylic acids is 1. The summed E-state index contributed by atoms with van der Waals surface area (Å²) in [6.45, 7) is 0. The summed E-state index contributed by atoms with van der Waals surface area (Å²) in [4.78, 5) is 9.77. The number of urea groups is 1. The highest BCUT2D eigenvalue weighted by molar-refractivity contribution is 7.85. The molecule has 6 nitrogen and oxygen atoms in total. The fourth-order valence-electron chi connectivity index (χ4n) is 0.117. The van der Waals surface area contributed by atoms with Crippen molar-refractivity contribution in [2.45, 2.75) is 0 Å². The van der Waals surface area contributed by atoms with E-state index in [1.807, 2.05) is 0 Å². The van der Waals surface area contributed by atoms with Gasteiger partial charge in [-0.25, -0.2) is 4.79 Å². The van der Waals surface area contributed by atoms with Gasteiger partial charge in [0.25, 0.3) is 10.1 Å². The van der Waals surface area contributed by atoms with Crippen LogP contribution in [0.15, 0.2) is 0 Å². The lowest BCUT2D eigenvalue weighted by Gasteiger charge is -1.96. The molecule has 0 aliphatic rings. The second-order valence-corrected chi connectivity index (χ2v) is 2.83. The summed E-state index contributed by atoms with van der Waals surface area (Å²) >= 11 is 0. The van der Waals surface area contributed by atoms with Crippen molar-refractivity contribution in [3.05, 3.63) is 0 Å². The van der Waals surface area contributed by atoms with E-state index in [1.165, 1.54) is 5.48 Å². The monoisotopic (exact) mass is 154 g/mol. The number of primary amides is 1. The Balaban J connectivity index is 3.67. The quantitative estimate of drug-likeness (QED) is 0.475. The molecule has 0 unspecified atom stereocenters. The van der Waals surface area contributed by atoms with Crippen molar-refractivity contribution < 1.29 is 17.5 Å². The van der Waals surface area contributed by atoms with Gasteiger partial charge in [0.15, 0.2) is 0 Å². The summed E-state index contributed by atoms with van der Waals surface area (Å²) in [6, 6.07) is -1.06. The maximum absolute atomic E-state index is 10.0. The molecule has 2 amide bonds. The van der Waals surface area contributed by atoms with Crippen LogP contribution in [0.2, 0.25) is 0 Å². The third-order valence-electron chi connectivity index (χ3n) is 0.294. The van der Waals surface area contributed by atoms with E-state index in [2.05, 4.69) is 10.0 Å². The molecule has 0 rings (SSSR count). The van der Waals surface area contributed by atoms with Crippen molar-refractivity contribution in [1.29, 1.82) is 0 Å². The molecule has 0 aliphatic carbocycles. The molecule has 9 heavy (non-hydrogen) atoms. The van der Waals surface area contributed by atoms with Crippen LogP contribution in [0.4, 0.5) is 4.79 Å². The summed E-state index contributed by atoms with van der Waals surface area (Å²) in [5, 5.41) is 0. The molecule has 0 aromatic carbocycles. The molecule has 0 aromatic heterocycles. The molecule has 0 saturated carbocycles. The molecule has 0 bridgehead atoms. The van der Waals surface area contributed by atoms with E-state index in [-0.39, 0.29) is 0 Å². The van der Waals surface area contributed by atoms with Gasteiger partial charge in [-0.15, -0.1) is 4.28 Å². The number of amides is 2. The molecule has 0 fully saturated rings. The van der Waals surface area contributed by atoms with Crippen LogP contribution in [-0.4, -0.2) is 20.7 Å². The van der Waals surface area contributed by atoms with Crippen LogP contribution in [0.25, 0.3) is 0 Å². The maximum Gasteiger partial charge on any atom is 0.337 e. The Hall–Kier alpha value is -0.820. The first-order valence-electron chi connectivity index (χ1n) is 1.86. The SMILES string of the molecule is CS(=O)(=O)ONC(N)=O. The first-order valence-corrected chi connectivity index (χ1v) is 3.67. The first kappa shape index (κ1) is 8.18. The number of carbonyl (C=O) groups is 1. The minimum absolute atomic E-state index is 0.781. The standard InChI is InChI=1S/C2H6N2O4S/c1-9(6,7)8-4-2(3)5/h1H3,(H3,3,4,5). The minimum atomic E-state index is -3.63. The number of rotatable bonds is 2. The van der Waals surface area contributed by atoms with Crippen LogP contribution in [0.1, 0.15) is 0 Å². The summed E-state index contributed by atoms with van der Waals surface area (Å²) < 4.78 is 23.8. The van der Waals surface area contributed by atoms with Crippen molar-refractivity contribution in [2.24, 2.45) is 5.73 Å². The van der Waals surface area contributed by atoms with Crippen LogP contribution in [0, 0.1) is 0 Å². The predicted octanol–water partition coefficient (Wildman–Crippen LogP) is -1.45. The van der Waals surface area contributed by atoms with Crippen LogP contribution in [0.3, 0.4) is 0 Å². The number of hydrogen-bond acceptors (Lipinski definition) is 4. The molecule has 3 N–H and O–H groups in total. The Bertz CT molecular complexity index is 195. The predicted molar refractivity (Wildman–Crippen MR) is 28.6 cm³/mol. The van der Waals surface area contributed by atoms with E-state index in [0.29, 0.717) is 0 Å². The largest absolute Gasteiger partial charge is 0.350 e. The first-order chi connectivity index (χ1) is 3.92. The Morgan fingerprint density at radius 3 is 2.22 bits per heavy atom. The minimum Gasteiger partial charge on any atom is -0.350 e. The second kappa shape index (κ2) is 2.65. The molecule has 0 aromatic rings. The van der Waals surface area contributed by atoms with E-state index in [9.17, 15) is 13.2 Å². The Morgan fingerprint density at radius 2 is 2.11 bits per heavy atom. The Kier molecular flexibility index (Phi) is 2.41. The summed E-state index contributed by atoms with van der Waals surface area (Å²) in [7, 11) is -3.63. The van der Waals surface area contributed by atoms with Gasteiger partial charge in [0, 0.05) is 0 Å². The maximum atomic E-state index is 10.0. The van der Waals surface area contributed by atoms with E-state index >= 15 is 0 Å². The van der Waals surface area contributed by atoms with Gasteiger partial charge >= 0.3 is 6.03 Å². The fourth-order valence-corrected chi connectivity index (χ4v) is 0.350. The molecule has 0 saturated heterocycles. The summed E-state index contributed by atoms with van der Waals surface area (Å²) in [6.07, 6.45) is 0.781. The Morgan fingerprint density at radius 1 is 1.67 bits per heavy atom. The molecular formula is C2H6N2O4S. The molecule has 0 spiro atoms. The molecule has 0 radical (unpaired) electrons. The van der Waals surface area contributed by atoms with Crippen molar-refractivity contribution in [1.82, 2.24) is 5.48 Å². The number of hydrogen-bond donors (Lipinski definition) is 2. The highest BCUT2D eigenvalue weighted by Crippen LogP contribution is 1.78. The summed E-state index contributed by atoms with van der Waals surface area (Å²) in [5.41, 5.74) is 5.90. The van der Waals surface area contributed by atoms with Crippen molar-refractivity contribution in [2.75, 3.05) is 6.26 Å². The van der Waals surface area contributed by atoms with Gasteiger partial charge in [-0.1, -0.05) is 0 Å². The van der Waals surface area contributed by atoms with Gasteiger partial charge in [-0.2, -0.15) is 13.9 Å². The average molecular weight is 154 g/mol. The third kappa shape index (κ3) is 7.18. The van der Waals surface area contributed by atoms with Gasteiger partial charge in [0.05, 0.1) is 6.26 Å². The third-order valence-corrected chi connectivity index (χ3v) is 0.680. The lowest BCUT2D eigenvalue weighted by atomic mass is 11.2. The number of nitrogens with two attached hydrogens (primary N) is 1. The van der Waals surface area contributed by atoms with Crippen molar-refractivity contribution >= 4 is 16.1 Å². The number of hydroxylamine groups is 1. The van der Waals surface area contributed by atoms with Crippen LogP contribution < -0.4 is 11.2 Å². The highest BCUT2D eigenvalue weighted by Gasteiger charge is 2.01. The zero-order chi connectivity index (χ0) is 7.49. The van der Waals surface area contributed by atoms with Crippen LogP contribution in [0.5, 0.6) is 0 Å². The van der Waals surface area contributed by atoms with E-state index in [4.69, 9.17) is 0 Å². The highest BCUT2D eigenvalue weighted by atomic mass is 32.2. The molecule has 0 aliphatic heterocycles. The van der Waals surface area contributed by atoms with Crippen LogP contribution in [-0.2, 0) is 14.4 Å². The van der Waals surface area contributed by atoms with Crippen LogP contribution >= 0.6 is 0 Å². The lowest BCUT2D eigenvalue weighted by Crippen LogP contribution is -2.31. The van der Waals surface area contributed by atoms with Gasteiger partial charge in [0.2, 0.25) is 0 Å². The van der Waals surface area contributed by atoms with E-state index in [0.717, 1.165) is 6.26 Å². The molecule has 0 atom stereocenters. The average Bonchev–Trinajstić information content (AvgIpc) is 1.59. The second-order valence-electron chi connectivity index (χ2n) is 1.25. The van der Waals surface area contributed by atoms with Gasteiger partial charge in [-0.05, 0) is 0 Å². The normalized spacial score (nSPS) is 10.8. The van der Waals surface area contributed by atoms with Gasteiger partial charge in [-0.3, -0.25) is 0 Å². The van der Waals surface area contributed by atoms with E-state index < -0.39 is 16.1 Å². The summed E-state index contributed by atoms with van der Waals surface area (Å²) in [5.74, 6) is 0. The van der Waals surface area contributed by atoms with E-state index in [1.54, 1.807) is 0 Å². The fraction of sp³-hybridized carbons (Fsp3) is 0.500. The van der Waals surface area contributed by atoms with Crippen molar-refractivity contribution in [3.8, 4) is 0 Å². The van der Waals surface area contributed by atoms with Gasteiger partial charge < -0.3 is 5.73 Å². The lowest BCUT2D eigenvalue weighted by molar-refractivity contribution is 0.190. The van der Waals surface area contributed by atoms with Gasteiger partial charge in [0.1, 0.15) is 0 Å². The molecular weight excluding hydrogens is 148 g/mol. The number of nitrogens with one attached hydrogen (secondary N) is 1. The topological polar surface area (TPSA) is 98.5 Å². The zero-order valence-electron chi connectivity index (χ0n) is 4.62. The molecule has 7 heteroatoms. The van der Waals surface area contributed by atoms with Crippen molar-refractivity contribution in [3.63, 3.8) is 0 Å². The zero-order valence-corrected chi connectivity index (χ0v) is 5.44. The Labute approximate surface area is 52.1 Å².